The number of carbonyl (C=O) groups is 1. The van der Waals surface area contributed by atoms with Crippen LogP contribution in [0.4, 0.5) is 0 Å². The minimum Gasteiger partial charge on any atom is -0.369 e. The summed E-state index contributed by atoms with van der Waals surface area (Å²) in [5, 5.41) is 7.33. The summed E-state index contributed by atoms with van der Waals surface area (Å²) >= 11 is 5.99. The number of hydrogen-bond donors (Lipinski definition) is 3. The van der Waals surface area contributed by atoms with Gasteiger partial charge in [0.15, 0.2) is 5.96 Å². The molecule has 25 heavy (non-hydrogen) atoms. The lowest BCUT2D eigenvalue weighted by molar-refractivity contribution is -0.123. The molecule has 7 heteroatoms. The molecule has 1 aliphatic heterocycles. The van der Waals surface area contributed by atoms with E-state index in [1.165, 1.54) is 0 Å². The third kappa shape index (κ3) is 6.92. The van der Waals surface area contributed by atoms with Crippen LogP contribution in [0.3, 0.4) is 0 Å². The van der Waals surface area contributed by atoms with E-state index in [2.05, 4.69) is 20.5 Å². The number of likely N-dealkylation sites (tertiary alicyclic amines) is 1. The van der Waals surface area contributed by atoms with Gasteiger partial charge in [-0.2, -0.15) is 0 Å². The second-order valence-electron chi connectivity index (χ2n) is 6.38. The van der Waals surface area contributed by atoms with Gasteiger partial charge in [-0.1, -0.05) is 23.7 Å². The van der Waals surface area contributed by atoms with Crippen LogP contribution in [0, 0.1) is 5.92 Å². The molecule has 1 aromatic rings. The predicted octanol–water partition coefficient (Wildman–Crippen LogP) is 1.59. The fraction of sp³-hybridized carbons (Fsp3) is 0.556. The second-order valence-corrected chi connectivity index (χ2v) is 6.81. The Bertz CT molecular complexity index is 593. The third-order valence-corrected chi connectivity index (χ3v) is 4.66. The van der Waals surface area contributed by atoms with Gasteiger partial charge >= 0.3 is 0 Å². The summed E-state index contributed by atoms with van der Waals surface area (Å²) in [4.78, 5) is 17.9. The highest BCUT2D eigenvalue weighted by Crippen LogP contribution is 2.15. The Balaban J connectivity index is 1.65. The average Bonchev–Trinajstić information content (AvgIpc) is 2.61. The fourth-order valence-corrected chi connectivity index (χ4v) is 3.27. The minimum absolute atomic E-state index is 0.00818. The van der Waals surface area contributed by atoms with Crippen molar-refractivity contribution in [1.29, 1.82) is 0 Å². The van der Waals surface area contributed by atoms with Crippen LogP contribution >= 0.6 is 11.6 Å². The molecular weight excluding hydrogens is 338 g/mol. The summed E-state index contributed by atoms with van der Waals surface area (Å²) in [5.41, 5.74) is 6.53. The quantitative estimate of drug-likeness (QED) is 0.389. The Labute approximate surface area is 154 Å². The number of piperidine rings is 1. The number of carbonyl (C=O) groups excluding carboxylic acids is 1. The number of guanidine groups is 1. The van der Waals surface area contributed by atoms with E-state index >= 15 is 0 Å². The van der Waals surface area contributed by atoms with Crippen LogP contribution in [0.1, 0.15) is 24.8 Å². The summed E-state index contributed by atoms with van der Waals surface area (Å²) in [6, 6.07) is 7.76. The molecule has 0 saturated carbocycles. The normalized spacial score (nSPS) is 18.8. The number of primary amides is 1. The van der Waals surface area contributed by atoms with Crippen molar-refractivity contribution in [2.24, 2.45) is 16.6 Å². The average molecular weight is 366 g/mol. The van der Waals surface area contributed by atoms with Gasteiger partial charge in [0.25, 0.3) is 0 Å². The lowest BCUT2D eigenvalue weighted by Crippen LogP contribution is -2.42. The molecule has 6 nitrogen and oxygen atoms in total. The first-order valence-electron chi connectivity index (χ1n) is 8.79. The molecule has 1 unspecified atom stereocenters. The summed E-state index contributed by atoms with van der Waals surface area (Å²) < 4.78 is 0. The SMILES string of the molecule is CN=C(NCCCN1CCCC(C(N)=O)C1)NCc1cccc(Cl)c1. The van der Waals surface area contributed by atoms with Crippen molar-refractivity contribution in [3.63, 3.8) is 0 Å². The number of amides is 1. The molecule has 1 heterocycles. The first-order valence-corrected chi connectivity index (χ1v) is 9.17. The van der Waals surface area contributed by atoms with Crippen LogP contribution in [-0.4, -0.2) is 50.0 Å². The Hall–Kier alpha value is -1.79. The van der Waals surface area contributed by atoms with E-state index in [0.29, 0.717) is 6.54 Å². The number of nitrogens with one attached hydrogen (secondary N) is 2. The molecule has 1 fully saturated rings. The Kier molecular flexibility index (Phi) is 8.01. The first kappa shape index (κ1) is 19.5. The molecule has 4 N–H and O–H groups in total. The number of nitrogens with two attached hydrogens (primary N) is 1. The number of rotatable bonds is 7. The maximum absolute atomic E-state index is 11.3. The van der Waals surface area contributed by atoms with Crippen molar-refractivity contribution >= 4 is 23.5 Å². The zero-order valence-electron chi connectivity index (χ0n) is 14.8. The van der Waals surface area contributed by atoms with Crippen LogP contribution in [0.25, 0.3) is 0 Å². The summed E-state index contributed by atoms with van der Waals surface area (Å²) in [7, 11) is 1.76. The predicted molar refractivity (Wildman–Crippen MR) is 103 cm³/mol. The lowest BCUT2D eigenvalue weighted by Gasteiger charge is -2.31. The van der Waals surface area contributed by atoms with E-state index in [-0.39, 0.29) is 11.8 Å². The van der Waals surface area contributed by atoms with E-state index < -0.39 is 0 Å². The van der Waals surface area contributed by atoms with Crippen molar-refractivity contribution in [2.75, 3.05) is 33.2 Å². The number of aliphatic imine (C=N–C) groups is 1. The molecule has 0 aromatic heterocycles. The van der Waals surface area contributed by atoms with Gasteiger partial charge in [0.2, 0.25) is 5.91 Å². The van der Waals surface area contributed by atoms with Gasteiger partial charge in [0.05, 0.1) is 5.92 Å². The van der Waals surface area contributed by atoms with E-state index in [1.54, 1.807) is 7.05 Å². The van der Waals surface area contributed by atoms with E-state index in [9.17, 15) is 4.79 Å². The smallest absolute Gasteiger partial charge is 0.221 e. The lowest BCUT2D eigenvalue weighted by atomic mass is 9.97. The largest absolute Gasteiger partial charge is 0.369 e. The van der Waals surface area contributed by atoms with Gasteiger partial charge in [-0.25, -0.2) is 0 Å². The van der Waals surface area contributed by atoms with Gasteiger partial charge in [-0.3, -0.25) is 9.79 Å². The highest BCUT2D eigenvalue weighted by molar-refractivity contribution is 6.30. The number of nitrogens with zero attached hydrogens (tertiary/aromatic N) is 2. The summed E-state index contributed by atoms with van der Waals surface area (Å²) in [6.07, 6.45) is 2.96. The Morgan fingerprint density at radius 2 is 2.28 bits per heavy atom. The highest BCUT2D eigenvalue weighted by atomic mass is 35.5. The van der Waals surface area contributed by atoms with Gasteiger partial charge in [0.1, 0.15) is 0 Å². The van der Waals surface area contributed by atoms with Crippen molar-refractivity contribution in [1.82, 2.24) is 15.5 Å². The molecule has 1 aliphatic rings. The van der Waals surface area contributed by atoms with Crippen LogP contribution in [0.15, 0.2) is 29.3 Å². The summed E-state index contributed by atoms with van der Waals surface area (Å²) in [5.74, 6) is 0.607. The van der Waals surface area contributed by atoms with Crippen molar-refractivity contribution < 1.29 is 4.79 Å². The maximum Gasteiger partial charge on any atom is 0.221 e. The second kappa shape index (κ2) is 10.3. The number of benzene rings is 1. The molecular formula is C18H28ClN5O. The van der Waals surface area contributed by atoms with Crippen molar-refractivity contribution in [3.05, 3.63) is 34.9 Å². The molecule has 0 radical (unpaired) electrons. The maximum atomic E-state index is 11.3. The van der Waals surface area contributed by atoms with Gasteiger partial charge in [0, 0.05) is 31.7 Å². The topological polar surface area (TPSA) is 82.8 Å². The van der Waals surface area contributed by atoms with Gasteiger partial charge in [-0.15, -0.1) is 0 Å². The highest BCUT2D eigenvalue weighted by Gasteiger charge is 2.23. The molecule has 1 saturated heterocycles. The Morgan fingerprint density at radius 1 is 1.44 bits per heavy atom. The zero-order chi connectivity index (χ0) is 18.1. The van der Waals surface area contributed by atoms with Gasteiger partial charge < -0.3 is 21.3 Å². The van der Waals surface area contributed by atoms with E-state index in [1.807, 2.05) is 24.3 Å². The van der Waals surface area contributed by atoms with Crippen LogP contribution in [0.5, 0.6) is 0 Å². The summed E-state index contributed by atoms with van der Waals surface area (Å²) in [6.45, 7) is 4.30. The minimum atomic E-state index is -0.173. The van der Waals surface area contributed by atoms with E-state index in [4.69, 9.17) is 17.3 Å². The first-order chi connectivity index (χ1) is 12.1. The molecule has 1 aromatic carbocycles. The Morgan fingerprint density at radius 3 is 3.00 bits per heavy atom. The van der Waals surface area contributed by atoms with Gasteiger partial charge in [-0.05, 0) is 50.0 Å². The third-order valence-electron chi connectivity index (χ3n) is 4.42. The molecule has 2 rings (SSSR count). The number of hydrogen-bond acceptors (Lipinski definition) is 3. The van der Waals surface area contributed by atoms with E-state index in [0.717, 1.165) is 62.0 Å². The molecule has 0 bridgehead atoms. The zero-order valence-corrected chi connectivity index (χ0v) is 15.6. The van der Waals surface area contributed by atoms with Crippen molar-refractivity contribution in [2.45, 2.75) is 25.8 Å². The van der Waals surface area contributed by atoms with Crippen molar-refractivity contribution in [3.8, 4) is 0 Å². The standard InChI is InChI=1S/C18H28ClN5O/c1-21-18(23-12-14-5-2-7-16(19)11-14)22-8-4-10-24-9-3-6-15(13-24)17(20)25/h2,5,7,11,15H,3-4,6,8-10,12-13H2,1H3,(H2,20,25)(H2,21,22,23). The molecule has 0 spiro atoms. The van der Waals surface area contributed by atoms with Crippen LogP contribution in [0.2, 0.25) is 5.02 Å². The number of halogens is 1. The molecule has 138 valence electrons. The molecule has 0 aliphatic carbocycles. The monoisotopic (exact) mass is 365 g/mol. The van der Waals surface area contributed by atoms with Crippen LogP contribution in [-0.2, 0) is 11.3 Å². The molecule has 1 amide bonds. The van der Waals surface area contributed by atoms with Crippen LogP contribution < -0.4 is 16.4 Å². The fourth-order valence-electron chi connectivity index (χ4n) is 3.05. The molecule has 1 atom stereocenters.